The first kappa shape index (κ1) is 15.0. The molecule has 5 heteroatoms. The summed E-state index contributed by atoms with van der Waals surface area (Å²) in [6.45, 7) is 0.000941. The highest BCUT2D eigenvalue weighted by molar-refractivity contribution is 7.99. The molecular formula is C15H15F2NOS. The molecule has 20 heavy (non-hydrogen) atoms. The van der Waals surface area contributed by atoms with Gasteiger partial charge in [0.05, 0.1) is 0 Å². The van der Waals surface area contributed by atoms with Crippen molar-refractivity contribution in [1.29, 1.82) is 0 Å². The van der Waals surface area contributed by atoms with Crippen LogP contribution in [0.3, 0.4) is 0 Å². The summed E-state index contributed by atoms with van der Waals surface area (Å²) in [7, 11) is 0. The van der Waals surface area contributed by atoms with Crippen molar-refractivity contribution in [3.05, 3.63) is 65.7 Å². The molecule has 0 saturated carbocycles. The highest BCUT2D eigenvalue weighted by Crippen LogP contribution is 2.30. The van der Waals surface area contributed by atoms with Crippen LogP contribution in [0.25, 0.3) is 0 Å². The van der Waals surface area contributed by atoms with Gasteiger partial charge >= 0.3 is 0 Å². The average molecular weight is 295 g/mol. The van der Waals surface area contributed by atoms with E-state index in [4.69, 9.17) is 5.73 Å². The van der Waals surface area contributed by atoms with E-state index in [1.165, 1.54) is 0 Å². The Bertz CT molecular complexity index is 579. The van der Waals surface area contributed by atoms with Crippen molar-refractivity contribution in [3.63, 3.8) is 0 Å². The molecule has 2 aromatic rings. The van der Waals surface area contributed by atoms with E-state index in [9.17, 15) is 13.9 Å². The molecule has 0 aliphatic rings. The van der Waals surface area contributed by atoms with Crippen molar-refractivity contribution in [2.75, 3.05) is 12.3 Å². The zero-order valence-corrected chi connectivity index (χ0v) is 11.5. The molecular weight excluding hydrogens is 280 g/mol. The van der Waals surface area contributed by atoms with Gasteiger partial charge in [0, 0.05) is 17.2 Å². The quantitative estimate of drug-likeness (QED) is 0.834. The van der Waals surface area contributed by atoms with Crippen molar-refractivity contribution in [3.8, 4) is 0 Å². The van der Waals surface area contributed by atoms with E-state index in [1.54, 1.807) is 24.3 Å². The Morgan fingerprint density at radius 1 is 1.10 bits per heavy atom. The Hall–Kier alpha value is -1.43. The van der Waals surface area contributed by atoms with Gasteiger partial charge in [0.2, 0.25) is 0 Å². The molecule has 0 radical (unpaired) electrons. The van der Waals surface area contributed by atoms with Crippen LogP contribution < -0.4 is 5.73 Å². The number of hydrogen-bond acceptors (Lipinski definition) is 3. The molecule has 0 bridgehead atoms. The molecule has 2 nitrogen and oxygen atoms in total. The maximum atomic E-state index is 13.6. The van der Waals surface area contributed by atoms with E-state index < -0.39 is 17.2 Å². The number of hydrogen-bond donors (Lipinski definition) is 2. The minimum atomic E-state index is -1.27. The number of nitrogens with two attached hydrogens (primary N) is 1. The Kier molecular flexibility index (Phi) is 4.75. The van der Waals surface area contributed by atoms with E-state index in [0.717, 1.165) is 30.0 Å². The summed E-state index contributed by atoms with van der Waals surface area (Å²) >= 11 is 1.04. The van der Waals surface area contributed by atoms with Gasteiger partial charge in [-0.25, -0.2) is 8.78 Å². The lowest BCUT2D eigenvalue weighted by molar-refractivity contribution is 0.0721. The molecule has 3 N–H and O–H groups in total. The van der Waals surface area contributed by atoms with Crippen LogP contribution in [-0.4, -0.2) is 17.4 Å². The second kappa shape index (κ2) is 6.35. The third-order valence-corrected chi connectivity index (χ3v) is 4.25. The smallest absolute Gasteiger partial charge is 0.136 e. The fourth-order valence-electron chi connectivity index (χ4n) is 1.79. The number of rotatable bonds is 5. The Labute approximate surface area is 120 Å². The first-order chi connectivity index (χ1) is 9.55. The van der Waals surface area contributed by atoms with Gasteiger partial charge in [0.25, 0.3) is 0 Å². The molecule has 0 aromatic heterocycles. The van der Waals surface area contributed by atoms with Gasteiger partial charge in [-0.1, -0.05) is 30.3 Å². The SMILES string of the molecule is NCC(O)(CSc1cc(F)ccc1F)c1ccccc1. The van der Waals surface area contributed by atoms with Gasteiger partial charge < -0.3 is 10.8 Å². The zero-order chi connectivity index (χ0) is 14.6. The lowest BCUT2D eigenvalue weighted by atomic mass is 9.96. The third kappa shape index (κ3) is 3.36. The molecule has 0 aliphatic heterocycles. The number of halogens is 2. The standard InChI is InChI=1S/C15H15F2NOS/c16-12-6-7-13(17)14(8-12)20-10-15(19,9-18)11-4-2-1-3-5-11/h1-8,19H,9-10,18H2. The topological polar surface area (TPSA) is 46.2 Å². The van der Waals surface area contributed by atoms with Crippen LogP contribution >= 0.6 is 11.8 Å². The van der Waals surface area contributed by atoms with Crippen molar-refractivity contribution < 1.29 is 13.9 Å². The highest BCUT2D eigenvalue weighted by Gasteiger charge is 2.28. The molecule has 2 rings (SSSR count). The van der Waals surface area contributed by atoms with Crippen LogP contribution in [0.5, 0.6) is 0 Å². The summed E-state index contributed by atoms with van der Waals surface area (Å²) in [6.07, 6.45) is 0. The predicted molar refractivity (Wildman–Crippen MR) is 76.5 cm³/mol. The van der Waals surface area contributed by atoms with Gasteiger partial charge in [0.15, 0.2) is 0 Å². The molecule has 1 atom stereocenters. The first-order valence-electron chi connectivity index (χ1n) is 6.11. The molecule has 106 valence electrons. The maximum absolute atomic E-state index is 13.6. The summed E-state index contributed by atoms with van der Waals surface area (Å²) < 4.78 is 26.7. The summed E-state index contributed by atoms with van der Waals surface area (Å²) in [5.74, 6) is -0.873. The van der Waals surface area contributed by atoms with Crippen molar-refractivity contribution in [2.24, 2.45) is 5.73 Å². The molecule has 0 heterocycles. The van der Waals surface area contributed by atoms with Crippen molar-refractivity contribution in [2.45, 2.75) is 10.5 Å². The van der Waals surface area contributed by atoms with Crippen LogP contribution in [0.1, 0.15) is 5.56 Å². The molecule has 0 spiro atoms. The third-order valence-electron chi connectivity index (χ3n) is 3.01. The van der Waals surface area contributed by atoms with Crippen LogP contribution in [0.2, 0.25) is 0 Å². The van der Waals surface area contributed by atoms with E-state index in [1.807, 2.05) is 6.07 Å². The summed E-state index contributed by atoms with van der Waals surface area (Å²) in [6, 6.07) is 12.2. The van der Waals surface area contributed by atoms with Gasteiger partial charge in [-0.3, -0.25) is 0 Å². The average Bonchev–Trinajstić information content (AvgIpc) is 2.49. The van der Waals surface area contributed by atoms with Crippen LogP contribution in [-0.2, 0) is 5.60 Å². The fraction of sp³-hybridized carbons (Fsp3) is 0.200. The zero-order valence-electron chi connectivity index (χ0n) is 10.7. The monoisotopic (exact) mass is 295 g/mol. The van der Waals surface area contributed by atoms with Crippen LogP contribution in [0, 0.1) is 11.6 Å². The van der Waals surface area contributed by atoms with Crippen LogP contribution in [0.15, 0.2) is 53.4 Å². The van der Waals surface area contributed by atoms with E-state index in [2.05, 4.69) is 0 Å². The summed E-state index contributed by atoms with van der Waals surface area (Å²) in [5, 5.41) is 10.6. The van der Waals surface area contributed by atoms with Gasteiger partial charge in [-0.2, -0.15) is 0 Å². The normalized spacial score (nSPS) is 14.0. The summed E-state index contributed by atoms with van der Waals surface area (Å²) in [5.41, 5.74) is 5.03. The van der Waals surface area contributed by atoms with E-state index in [0.29, 0.717) is 5.56 Å². The van der Waals surface area contributed by atoms with Gasteiger partial charge in [0.1, 0.15) is 17.2 Å². The van der Waals surface area contributed by atoms with Gasteiger partial charge in [-0.05, 0) is 23.8 Å². The fourth-order valence-corrected chi connectivity index (χ4v) is 2.87. The number of benzene rings is 2. The van der Waals surface area contributed by atoms with Gasteiger partial charge in [-0.15, -0.1) is 11.8 Å². The maximum Gasteiger partial charge on any atom is 0.136 e. The largest absolute Gasteiger partial charge is 0.383 e. The first-order valence-corrected chi connectivity index (χ1v) is 7.09. The molecule has 0 saturated heterocycles. The molecule has 2 aromatic carbocycles. The molecule has 1 unspecified atom stereocenters. The second-order valence-electron chi connectivity index (χ2n) is 4.47. The predicted octanol–water partition coefficient (Wildman–Crippen LogP) is 2.90. The van der Waals surface area contributed by atoms with Crippen molar-refractivity contribution >= 4 is 11.8 Å². The minimum absolute atomic E-state index is 0.000941. The molecule has 0 fully saturated rings. The lowest BCUT2D eigenvalue weighted by Crippen LogP contribution is -2.37. The van der Waals surface area contributed by atoms with E-state index in [-0.39, 0.29) is 17.2 Å². The molecule has 0 amide bonds. The van der Waals surface area contributed by atoms with Crippen molar-refractivity contribution in [1.82, 2.24) is 0 Å². The van der Waals surface area contributed by atoms with E-state index >= 15 is 0 Å². The highest BCUT2D eigenvalue weighted by atomic mass is 32.2. The minimum Gasteiger partial charge on any atom is -0.383 e. The second-order valence-corrected chi connectivity index (χ2v) is 5.48. The molecule has 0 aliphatic carbocycles. The number of thioether (sulfide) groups is 1. The lowest BCUT2D eigenvalue weighted by Gasteiger charge is -2.26. The number of aliphatic hydroxyl groups is 1. The summed E-state index contributed by atoms with van der Waals surface area (Å²) in [4.78, 5) is 0.160. The Balaban J connectivity index is 2.17. The van der Waals surface area contributed by atoms with Crippen LogP contribution in [0.4, 0.5) is 8.78 Å². The Morgan fingerprint density at radius 3 is 2.45 bits per heavy atom. The Morgan fingerprint density at radius 2 is 1.80 bits per heavy atom.